The molecule has 3 amide bonds. The van der Waals surface area contributed by atoms with Gasteiger partial charge in [-0.05, 0) is 35.4 Å². The van der Waals surface area contributed by atoms with E-state index in [1.165, 1.54) is 12.1 Å². The topological polar surface area (TPSA) is 70.7 Å². The highest BCUT2D eigenvalue weighted by Crippen LogP contribution is 2.33. The van der Waals surface area contributed by atoms with Crippen molar-refractivity contribution >= 4 is 11.9 Å². The minimum Gasteiger partial charge on any atom is -0.497 e. The third-order valence-corrected chi connectivity index (χ3v) is 4.73. The molecule has 0 fully saturated rings. The first-order chi connectivity index (χ1) is 13.0. The third kappa shape index (κ3) is 3.23. The molecule has 138 valence electrons. The molecule has 2 heterocycles. The second-order valence-corrected chi connectivity index (χ2v) is 6.49. The average Bonchev–Trinajstić information content (AvgIpc) is 2.97. The second kappa shape index (κ2) is 6.75. The number of hydrogen-bond acceptors (Lipinski definition) is 3. The van der Waals surface area contributed by atoms with Gasteiger partial charge >= 0.3 is 6.03 Å². The Morgan fingerprint density at radius 3 is 2.67 bits per heavy atom. The van der Waals surface area contributed by atoms with E-state index in [9.17, 15) is 14.0 Å². The summed E-state index contributed by atoms with van der Waals surface area (Å²) >= 11 is 0. The van der Waals surface area contributed by atoms with Crippen LogP contribution in [-0.4, -0.2) is 30.5 Å². The van der Waals surface area contributed by atoms with Gasteiger partial charge in [-0.25, -0.2) is 9.18 Å². The van der Waals surface area contributed by atoms with E-state index in [-0.39, 0.29) is 5.91 Å². The Morgan fingerprint density at radius 1 is 1.19 bits per heavy atom. The minimum atomic E-state index is -0.669. The minimum absolute atomic E-state index is 0.178. The SMILES string of the molecule is COc1ccc(CN2CC3=C(C2=O)C(c2cccc(F)c2)NC(=O)N3)cc1. The van der Waals surface area contributed by atoms with Crippen LogP contribution in [0.25, 0.3) is 0 Å². The van der Waals surface area contributed by atoms with Crippen molar-refractivity contribution < 1.29 is 18.7 Å². The van der Waals surface area contributed by atoms with Crippen molar-refractivity contribution in [2.24, 2.45) is 0 Å². The maximum atomic E-state index is 13.6. The standard InChI is InChI=1S/C20H18FN3O3/c1-27-15-7-5-12(6-8-15)10-24-11-16-17(19(24)25)18(23-20(26)22-16)13-3-2-4-14(21)9-13/h2-9,18H,10-11H2,1H3,(H2,22,23,26). The van der Waals surface area contributed by atoms with Gasteiger partial charge in [0.25, 0.3) is 5.91 Å². The number of benzene rings is 2. The van der Waals surface area contributed by atoms with Crippen molar-refractivity contribution in [3.63, 3.8) is 0 Å². The van der Waals surface area contributed by atoms with Crippen LogP contribution in [0.5, 0.6) is 5.75 Å². The Bertz CT molecular complexity index is 940. The van der Waals surface area contributed by atoms with E-state index in [1.807, 2.05) is 24.3 Å². The first-order valence-corrected chi connectivity index (χ1v) is 8.53. The zero-order valence-corrected chi connectivity index (χ0v) is 14.7. The maximum Gasteiger partial charge on any atom is 0.319 e. The van der Waals surface area contributed by atoms with Crippen LogP contribution in [0.3, 0.4) is 0 Å². The van der Waals surface area contributed by atoms with Crippen LogP contribution in [0, 0.1) is 5.82 Å². The van der Waals surface area contributed by atoms with Gasteiger partial charge in [-0.3, -0.25) is 4.79 Å². The summed E-state index contributed by atoms with van der Waals surface area (Å²) in [5.74, 6) is 0.150. The lowest BCUT2D eigenvalue weighted by Crippen LogP contribution is -2.44. The van der Waals surface area contributed by atoms with E-state index in [0.29, 0.717) is 29.9 Å². The molecule has 7 heteroatoms. The average molecular weight is 367 g/mol. The number of rotatable bonds is 4. The van der Waals surface area contributed by atoms with Gasteiger partial charge in [0.2, 0.25) is 0 Å². The fraction of sp³-hybridized carbons (Fsp3) is 0.200. The molecular weight excluding hydrogens is 349 g/mol. The molecule has 1 atom stereocenters. The zero-order valence-electron chi connectivity index (χ0n) is 14.7. The molecular formula is C20H18FN3O3. The molecule has 2 aliphatic rings. The van der Waals surface area contributed by atoms with E-state index < -0.39 is 17.9 Å². The molecule has 27 heavy (non-hydrogen) atoms. The first kappa shape index (κ1) is 17.1. The van der Waals surface area contributed by atoms with Gasteiger partial charge in [-0.1, -0.05) is 24.3 Å². The number of urea groups is 1. The largest absolute Gasteiger partial charge is 0.497 e. The summed E-state index contributed by atoms with van der Waals surface area (Å²) in [6.07, 6.45) is 0. The molecule has 4 rings (SSSR count). The van der Waals surface area contributed by atoms with Crippen LogP contribution in [-0.2, 0) is 11.3 Å². The summed E-state index contributed by atoms with van der Waals surface area (Å²) in [4.78, 5) is 26.7. The second-order valence-electron chi connectivity index (χ2n) is 6.49. The Kier molecular flexibility index (Phi) is 4.27. The Labute approximate surface area is 155 Å². The van der Waals surface area contributed by atoms with E-state index in [0.717, 1.165) is 11.3 Å². The molecule has 6 nitrogen and oxygen atoms in total. The molecule has 0 spiro atoms. The first-order valence-electron chi connectivity index (χ1n) is 8.53. The van der Waals surface area contributed by atoms with Crippen LogP contribution in [0.2, 0.25) is 0 Å². The lowest BCUT2D eigenvalue weighted by Gasteiger charge is -2.25. The number of amides is 3. The molecule has 0 saturated carbocycles. The van der Waals surface area contributed by atoms with Crippen LogP contribution in [0.4, 0.5) is 9.18 Å². The molecule has 0 saturated heterocycles. The van der Waals surface area contributed by atoms with Crippen molar-refractivity contribution in [2.75, 3.05) is 13.7 Å². The van der Waals surface area contributed by atoms with Gasteiger partial charge in [0.1, 0.15) is 11.6 Å². The monoisotopic (exact) mass is 367 g/mol. The highest BCUT2D eigenvalue weighted by Gasteiger charge is 2.40. The molecule has 2 aliphatic heterocycles. The molecule has 2 aromatic carbocycles. The highest BCUT2D eigenvalue weighted by atomic mass is 19.1. The summed E-state index contributed by atoms with van der Waals surface area (Å²) in [6, 6.07) is 12.3. The van der Waals surface area contributed by atoms with Gasteiger partial charge in [0, 0.05) is 6.54 Å². The molecule has 0 radical (unpaired) electrons. The predicted molar refractivity (Wildman–Crippen MR) is 96.2 cm³/mol. The summed E-state index contributed by atoms with van der Waals surface area (Å²) < 4.78 is 18.8. The predicted octanol–water partition coefficient (Wildman–Crippen LogP) is 2.48. The van der Waals surface area contributed by atoms with Gasteiger partial charge in [0.05, 0.1) is 31.0 Å². The van der Waals surface area contributed by atoms with Crippen LogP contribution >= 0.6 is 0 Å². The number of halogens is 1. The fourth-order valence-electron chi connectivity index (χ4n) is 3.44. The fourth-order valence-corrected chi connectivity index (χ4v) is 3.44. The summed E-state index contributed by atoms with van der Waals surface area (Å²) in [7, 11) is 1.60. The van der Waals surface area contributed by atoms with E-state index >= 15 is 0 Å². The number of ether oxygens (including phenoxy) is 1. The van der Waals surface area contributed by atoms with Crippen molar-refractivity contribution in [3.05, 3.63) is 76.7 Å². The van der Waals surface area contributed by atoms with Crippen LogP contribution in [0.1, 0.15) is 17.2 Å². The number of nitrogens with zero attached hydrogens (tertiary/aromatic N) is 1. The van der Waals surface area contributed by atoms with Gasteiger partial charge in [0.15, 0.2) is 0 Å². The van der Waals surface area contributed by atoms with Crippen molar-refractivity contribution in [2.45, 2.75) is 12.6 Å². The number of carbonyl (C=O) groups excluding carboxylic acids is 2. The van der Waals surface area contributed by atoms with Crippen molar-refractivity contribution in [1.29, 1.82) is 0 Å². The Balaban J connectivity index is 1.59. The van der Waals surface area contributed by atoms with Crippen molar-refractivity contribution in [3.8, 4) is 5.75 Å². The summed E-state index contributed by atoms with van der Waals surface area (Å²) in [5.41, 5.74) is 2.50. The number of nitrogens with one attached hydrogen (secondary N) is 2. The Morgan fingerprint density at radius 2 is 1.96 bits per heavy atom. The van der Waals surface area contributed by atoms with E-state index in [2.05, 4.69) is 10.6 Å². The zero-order chi connectivity index (χ0) is 19.0. The molecule has 2 aromatic rings. The lowest BCUT2D eigenvalue weighted by atomic mass is 9.96. The smallest absolute Gasteiger partial charge is 0.319 e. The molecule has 0 bridgehead atoms. The lowest BCUT2D eigenvalue weighted by molar-refractivity contribution is -0.126. The normalized spacial score (nSPS) is 18.9. The number of methoxy groups -OCH3 is 1. The van der Waals surface area contributed by atoms with Gasteiger partial charge in [-0.2, -0.15) is 0 Å². The van der Waals surface area contributed by atoms with Gasteiger partial charge in [-0.15, -0.1) is 0 Å². The maximum absolute atomic E-state index is 13.6. The number of hydrogen-bond donors (Lipinski definition) is 2. The number of carbonyl (C=O) groups is 2. The van der Waals surface area contributed by atoms with Crippen molar-refractivity contribution in [1.82, 2.24) is 15.5 Å². The third-order valence-electron chi connectivity index (χ3n) is 4.73. The van der Waals surface area contributed by atoms with E-state index in [1.54, 1.807) is 24.1 Å². The highest BCUT2D eigenvalue weighted by molar-refractivity contribution is 6.01. The van der Waals surface area contributed by atoms with Crippen LogP contribution in [0.15, 0.2) is 59.8 Å². The molecule has 1 unspecified atom stereocenters. The molecule has 0 aliphatic carbocycles. The molecule has 0 aromatic heterocycles. The summed E-state index contributed by atoms with van der Waals surface area (Å²) in [6.45, 7) is 0.709. The van der Waals surface area contributed by atoms with E-state index in [4.69, 9.17) is 4.74 Å². The quantitative estimate of drug-likeness (QED) is 0.872. The summed E-state index contributed by atoms with van der Waals surface area (Å²) in [5, 5.41) is 5.43. The Hall–Kier alpha value is -3.35. The van der Waals surface area contributed by atoms with Gasteiger partial charge < -0.3 is 20.3 Å². The molecule has 2 N–H and O–H groups in total. The van der Waals surface area contributed by atoms with Crippen LogP contribution < -0.4 is 15.4 Å².